The van der Waals surface area contributed by atoms with Crippen molar-refractivity contribution in [3.63, 3.8) is 0 Å². The van der Waals surface area contributed by atoms with Gasteiger partial charge in [-0.3, -0.25) is 19.3 Å². The third-order valence-electron chi connectivity index (χ3n) is 5.43. The fourth-order valence-electron chi connectivity index (χ4n) is 3.48. The van der Waals surface area contributed by atoms with E-state index in [1.165, 1.54) is 0 Å². The molecule has 35 heavy (non-hydrogen) atoms. The maximum atomic E-state index is 12.8. The second-order valence-corrected chi connectivity index (χ2v) is 8.50. The number of nitrogens with one attached hydrogen (secondary N) is 2. The number of methoxy groups -OCH3 is 1. The number of ether oxygens (including phenoxy) is 1. The van der Waals surface area contributed by atoms with Gasteiger partial charge in [0.2, 0.25) is 0 Å². The third-order valence-corrected chi connectivity index (χ3v) is 6.15. The van der Waals surface area contributed by atoms with E-state index in [0.29, 0.717) is 27.6 Å². The topological polar surface area (TPSA) is 87.7 Å². The van der Waals surface area contributed by atoms with Gasteiger partial charge in [-0.2, -0.15) is 0 Å². The van der Waals surface area contributed by atoms with Gasteiger partial charge in [0.15, 0.2) is 0 Å². The number of amides is 3. The molecule has 9 heteroatoms. The summed E-state index contributed by atoms with van der Waals surface area (Å²) in [6.07, 6.45) is 0. The van der Waals surface area contributed by atoms with E-state index >= 15 is 0 Å². The van der Waals surface area contributed by atoms with E-state index in [4.69, 9.17) is 27.9 Å². The monoisotopic (exact) mass is 509 g/mol. The van der Waals surface area contributed by atoms with Crippen LogP contribution >= 0.6 is 23.2 Å². The second-order valence-electron chi connectivity index (χ2n) is 7.71. The van der Waals surface area contributed by atoms with Crippen LogP contribution in [0.25, 0.3) is 0 Å². The molecule has 0 bridgehead atoms. The molecule has 0 saturated carbocycles. The van der Waals surface area contributed by atoms with Crippen LogP contribution in [0, 0.1) is 0 Å². The molecule has 1 heterocycles. The van der Waals surface area contributed by atoms with Gasteiger partial charge in [0.05, 0.1) is 13.7 Å². The lowest BCUT2D eigenvalue weighted by atomic mass is 10.1. The van der Waals surface area contributed by atoms with Crippen LogP contribution in [0.15, 0.2) is 83.5 Å². The Labute approximate surface area is 212 Å². The Morgan fingerprint density at radius 1 is 0.914 bits per heavy atom. The van der Waals surface area contributed by atoms with Crippen molar-refractivity contribution in [3.8, 4) is 5.75 Å². The predicted octanol–water partition coefficient (Wildman–Crippen LogP) is 4.71. The van der Waals surface area contributed by atoms with Crippen molar-refractivity contribution in [2.45, 2.75) is 13.1 Å². The summed E-state index contributed by atoms with van der Waals surface area (Å²) in [5.74, 6) is -0.656. The molecule has 4 rings (SSSR count). The van der Waals surface area contributed by atoms with Crippen molar-refractivity contribution in [3.05, 3.63) is 105 Å². The van der Waals surface area contributed by atoms with E-state index in [-0.39, 0.29) is 29.7 Å². The van der Waals surface area contributed by atoms with E-state index in [1.54, 1.807) is 79.9 Å². The second kappa shape index (κ2) is 10.6. The molecule has 0 radical (unpaired) electrons. The Kier molecular flexibility index (Phi) is 7.39. The molecule has 0 saturated heterocycles. The number of hydrogen-bond acceptors (Lipinski definition) is 5. The first kappa shape index (κ1) is 24.3. The number of rotatable bonds is 8. The zero-order chi connectivity index (χ0) is 24.9. The first-order chi connectivity index (χ1) is 16.9. The van der Waals surface area contributed by atoms with Crippen molar-refractivity contribution < 1.29 is 19.1 Å². The van der Waals surface area contributed by atoms with Crippen LogP contribution in [0.1, 0.15) is 21.5 Å². The average molecular weight is 510 g/mol. The summed E-state index contributed by atoms with van der Waals surface area (Å²) in [7, 11) is 1.58. The van der Waals surface area contributed by atoms with Gasteiger partial charge in [-0.05, 0) is 53.6 Å². The van der Waals surface area contributed by atoms with Crippen molar-refractivity contribution in [1.82, 2.24) is 10.2 Å². The molecule has 0 spiro atoms. The lowest BCUT2D eigenvalue weighted by molar-refractivity contribution is -0.138. The van der Waals surface area contributed by atoms with Gasteiger partial charge in [0.1, 0.15) is 16.5 Å². The van der Waals surface area contributed by atoms with Crippen LogP contribution < -0.4 is 15.4 Å². The minimum Gasteiger partial charge on any atom is -0.497 e. The summed E-state index contributed by atoms with van der Waals surface area (Å²) < 4.78 is 5.11. The van der Waals surface area contributed by atoms with Gasteiger partial charge >= 0.3 is 0 Å². The molecule has 0 aliphatic carbocycles. The summed E-state index contributed by atoms with van der Waals surface area (Å²) in [6, 6.07) is 20.9. The Balaban J connectivity index is 1.36. The van der Waals surface area contributed by atoms with E-state index in [9.17, 15) is 14.4 Å². The predicted molar refractivity (Wildman–Crippen MR) is 134 cm³/mol. The highest BCUT2D eigenvalue weighted by atomic mass is 35.5. The number of anilines is 1. The summed E-state index contributed by atoms with van der Waals surface area (Å²) in [5, 5.41) is 6.06. The summed E-state index contributed by atoms with van der Waals surface area (Å²) in [5.41, 5.74) is 2.59. The fourth-order valence-corrected chi connectivity index (χ4v) is 3.93. The van der Waals surface area contributed by atoms with E-state index < -0.39 is 11.8 Å². The highest BCUT2D eigenvalue weighted by Gasteiger charge is 2.37. The van der Waals surface area contributed by atoms with Crippen LogP contribution in [0.3, 0.4) is 0 Å². The van der Waals surface area contributed by atoms with E-state index in [0.717, 1.165) is 10.5 Å². The molecule has 0 unspecified atom stereocenters. The number of imide groups is 1. The fraction of sp³-hybridized carbons (Fsp3) is 0.115. The molecule has 7 nitrogen and oxygen atoms in total. The van der Waals surface area contributed by atoms with Crippen LogP contribution in [0.2, 0.25) is 5.02 Å². The number of carbonyl (C=O) groups is 3. The standard InChI is InChI=1S/C26H21Cl2N3O4/c1-35-20-12-10-19(11-13-20)30-24(32)17-8-6-16(7-9-17)14-29-23-22(28)25(33)31(26(23)34)15-18-4-2-3-5-21(18)27/h2-13,29H,14-15H2,1H3,(H,30,32). The summed E-state index contributed by atoms with van der Waals surface area (Å²) >= 11 is 12.3. The molecule has 2 N–H and O–H groups in total. The molecule has 3 aromatic carbocycles. The number of benzene rings is 3. The van der Waals surface area contributed by atoms with Gasteiger partial charge in [0.25, 0.3) is 17.7 Å². The van der Waals surface area contributed by atoms with Gasteiger partial charge in [0, 0.05) is 22.8 Å². The maximum Gasteiger partial charge on any atom is 0.278 e. The SMILES string of the molecule is COc1ccc(NC(=O)c2ccc(CNC3=C(Cl)C(=O)N(Cc4ccccc4Cl)C3=O)cc2)cc1. The minimum atomic E-state index is -0.579. The molecule has 178 valence electrons. The largest absolute Gasteiger partial charge is 0.497 e. The Morgan fingerprint density at radius 3 is 2.26 bits per heavy atom. The van der Waals surface area contributed by atoms with Gasteiger partial charge < -0.3 is 15.4 Å². The number of hydrogen-bond donors (Lipinski definition) is 2. The molecule has 0 atom stereocenters. The van der Waals surface area contributed by atoms with Crippen LogP contribution in [-0.4, -0.2) is 29.7 Å². The lowest BCUT2D eigenvalue weighted by Gasteiger charge is -2.16. The van der Waals surface area contributed by atoms with Crippen molar-refractivity contribution in [1.29, 1.82) is 0 Å². The average Bonchev–Trinajstić information content (AvgIpc) is 3.07. The lowest BCUT2D eigenvalue weighted by Crippen LogP contribution is -2.33. The normalized spacial score (nSPS) is 13.3. The van der Waals surface area contributed by atoms with E-state index in [1.807, 2.05) is 0 Å². The van der Waals surface area contributed by atoms with Crippen molar-refractivity contribution in [2.24, 2.45) is 0 Å². The highest BCUT2D eigenvalue weighted by molar-refractivity contribution is 6.47. The molecular formula is C26H21Cl2N3O4. The summed E-state index contributed by atoms with van der Waals surface area (Å²) in [6.45, 7) is 0.266. The smallest absolute Gasteiger partial charge is 0.278 e. The zero-order valence-corrected chi connectivity index (χ0v) is 20.2. The summed E-state index contributed by atoms with van der Waals surface area (Å²) in [4.78, 5) is 38.9. The number of carbonyl (C=O) groups excluding carboxylic acids is 3. The Hall–Kier alpha value is -3.81. The number of halogens is 2. The van der Waals surface area contributed by atoms with Gasteiger partial charge in [-0.25, -0.2) is 0 Å². The molecule has 1 aliphatic heterocycles. The number of nitrogens with zero attached hydrogens (tertiary/aromatic N) is 1. The quantitative estimate of drug-likeness (QED) is 0.429. The Morgan fingerprint density at radius 2 is 1.60 bits per heavy atom. The van der Waals surface area contributed by atoms with Crippen LogP contribution in [0.4, 0.5) is 5.69 Å². The molecular weight excluding hydrogens is 489 g/mol. The van der Waals surface area contributed by atoms with Gasteiger partial charge in [-0.15, -0.1) is 0 Å². The Bertz CT molecular complexity index is 1300. The molecule has 3 amide bonds. The minimum absolute atomic E-state index is 0.0245. The first-order valence-corrected chi connectivity index (χ1v) is 11.4. The molecule has 1 aliphatic rings. The maximum absolute atomic E-state index is 12.8. The van der Waals surface area contributed by atoms with Crippen molar-refractivity contribution in [2.75, 3.05) is 12.4 Å². The molecule has 3 aromatic rings. The first-order valence-electron chi connectivity index (χ1n) is 10.6. The van der Waals surface area contributed by atoms with Gasteiger partial charge in [-0.1, -0.05) is 53.5 Å². The van der Waals surface area contributed by atoms with Crippen molar-refractivity contribution >= 4 is 46.6 Å². The highest BCUT2D eigenvalue weighted by Crippen LogP contribution is 2.26. The third kappa shape index (κ3) is 5.48. The molecule has 0 fully saturated rings. The molecule has 0 aromatic heterocycles. The zero-order valence-electron chi connectivity index (χ0n) is 18.7. The van der Waals surface area contributed by atoms with Crippen LogP contribution in [-0.2, 0) is 22.7 Å². The van der Waals surface area contributed by atoms with Crippen LogP contribution in [0.5, 0.6) is 5.75 Å². The van der Waals surface area contributed by atoms with E-state index in [2.05, 4.69) is 10.6 Å².